The molecule has 92 valence electrons. The monoisotopic (exact) mass is 233 g/mol. The van der Waals surface area contributed by atoms with Gasteiger partial charge >= 0.3 is 0 Å². The summed E-state index contributed by atoms with van der Waals surface area (Å²) in [6.45, 7) is 3.56. The van der Waals surface area contributed by atoms with Crippen LogP contribution in [0.5, 0.6) is 5.75 Å². The summed E-state index contributed by atoms with van der Waals surface area (Å²) in [5.41, 5.74) is 2.60. The summed E-state index contributed by atoms with van der Waals surface area (Å²) in [4.78, 5) is 13.5. The van der Waals surface area contributed by atoms with Gasteiger partial charge in [0.05, 0.1) is 7.11 Å². The number of nitrogens with zero attached hydrogens (tertiary/aromatic N) is 1. The second-order valence-corrected chi connectivity index (χ2v) is 4.27. The van der Waals surface area contributed by atoms with E-state index in [2.05, 4.69) is 0 Å². The minimum absolute atomic E-state index is 0.0286. The summed E-state index contributed by atoms with van der Waals surface area (Å²) < 4.78 is 5.33. The number of hydrogen-bond acceptors (Lipinski definition) is 3. The number of carbonyl (C=O) groups is 1. The second-order valence-electron chi connectivity index (χ2n) is 4.27. The topological polar surface area (TPSA) is 29.5 Å². The van der Waals surface area contributed by atoms with Gasteiger partial charge in [0, 0.05) is 31.4 Å². The van der Waals surface area contributed by atoms with Crippen LogP contribution in [0, 0.1) is 6.92 Å². The van der Waals surface area contributed by atoms with Gasteiger partial charge in [-0.2, -0.15) is 0 Å². The molecule has 0 spiro atoms. The third kappa shape index (κ3) is 3.34. The molecular weight excluding hydrogens is 214 g/mol. The van der Waals surface area contributed by atoms with E-state index in [1.54, 1.807) is 14.0 Å². The maximum absolute atomic E-state index is 11.7. The molecule has 0 aromatic heterocycles. The Balaban J connectivity index is 3.33. The van der Waals surface area contributed by atoms with Gasteiger partial charge in [-0.3, -0.25) is 4.79 Å². The molecule has 0 atom stereocenters. The minimum atomic E-state index is 0.0286. The summed E-state index contributed by atoms with van der Waals surface area (Å²) in [7, 11) is 5.40. The number of allylic oxidation sites excluding steroid dienone is 1. The molecule has 0 amide bonds. The highest BCUT2D eigenvalue weighted by Gasteiger charge is 2.13. The summed E-state index contributed by atoms with van der Waals surface area (Å²) in [5, 5.41) is 0. The fraction of sp³-hybridized carbons (Fsp3) is 0.357. The first-order valence-electron chi connectivity index (χ1n) is 5.50. The van der Waals surface area contributed by atoms with Crippen molar-refractivity contribution in [1.82, 2.24) is 4.90 Å². The summed E-state index contributed by atoms with van der Waals surface area (Å²) >= 11 is 0. The van der Waals surface area contributed by atoms with Crippen molar-refractivity contribution >= 4 is 11.4 Å². The molecule has 1 aromatic carbocycles. The molecule has 17 heavy (non-hydrogen) atoms. The molecule has 0 heterocycles. The fourth-order valence-electron chi connectivity index (χ4n) is 1.63. The molecule has 3 heteroatoms. The van der Waals surface area contributed by atoms with Crippen molar-refractivity contribution in [2.75, 3.05) is 21.2 Å². The highest BCUT2D eigenvalue weighted by Crippen LogP contribution is 2.27. The summed E-state index contributed by atoms with van der Waals surface area (Å²) in [6, 6.07) is 5.83. The van der Waals surface area contributed by atoms with Gasteiger partial charge in [0.15, 0.2) is 5.78 Å². The average molecular weight is 233 g/mol. The molecule has 1 aromatic rings. The van der Waals surface area contributed by atoms with Gasteiger partial charge in [0.25, 0.3) is 0 Å². The first-order valence-corrected chi connectivity index (χ1v) is 5.50. The van der Waals surface area contributed by atoms with Crippen LogP contribution in [0.2, 0.25) is 0 Å². The van der Waals surface area contributed by atoms with E-state index >= 15 is 0 Å². The molecule has 0 aliphatic carbocycles. The molecule has 0 N–H and O–H groups in total. The van der Waals surface area contributed by atoms with Crippen molar-refractivity contribution in [2.45, 2.75) is 13.8 Å². The van der Waals surface area contributed by atoms with E-state index in [0.29, 0.717) is 5.57 Å². The molecule has 0 saturated heterocycles. The number of ether oxygens (including phenoxy) is 1. The zero-order valence-electron chi connectivity index (χ0n) is 11.1. The number of Topliss-reactive ketones (excluding diaryl/α,β-unsaturated/α-hetero) is 1. The van der Waals surface area contributed by atoms with Crippen LogP contribution in [0.1, 0.15) is 18.1 Å². The lowest BCUT2D eigenvalue weighted by molar-refractivity contribution is -0.111. The van der Waals surface area contributed by atoms with Crippen molar-refractivity contribution in [1.29, 1.82) is 0 Å². The molecule has 0 saturated carbocycles. The van der Waals surface area contributed by atoms with Gasteiger partial charge in [0.1, 0.15) is 5.75 Å². The molecule has 0 unspecified atom stereocenters. The lowest BCUT2D eigenvalue weighted by Crippen LogP contribution is -2.07. The third-order valence-corrected chi connectivity index (χ3v) is 2.41. The van der Waals surface area contributed by atoms with Crippen LogP contribution in [0.25, 0.3) is 5.57 Å². The van der Waals surface area contributed by atoms with E-state index in [1.807, 2.05) is 50.3 Å². The van der Waals surface area contributed by atoms with Crippen LogP contribution in [0.3, 0.4) is 0 Å². The fourth-order valence-corrected chi connectivity index (χ4v) is 1.63. The molecule has 1 rings (SSSR count). The highest BCUT2D eigenvalue weighted by atomic mass is 16.5. The number of hydrogen-bond donors (Lipinski definition) is 0. The van der Waals surface area contributed by atoms with Crippen molar-refractivity contribution in [2.24, 2.45) is 0 Å². The molecule has 0 radical (unpaired) electrons. The standard InChI is InChI=1S/C14H19NO2/c1-10-6-7-12(14(8-10)17-5)13(11(2)16)9-15(3)4/h6-9H,1-5H3/b13-9+. The minimum Gasteiger partial charge on any atom is -0.496 e. The first kappa shape index (κ1) is 13.3. The Kier molecular flexibility index (Phi) is 4.32. The molecule has 0 aliphatic heterocycles. The van der Waals surface area contributed by atoms with E-state index in [1.165, 1.54) is 0 Å². The predicted octanol–water partition coefficient (Wildman–Crippen LogP) is 2.50. The largest absolute Gasteiger partial charge is 0.496 e. The number of methoxy groups -OCH3 is 1. The molecule has 0 bridgehead atoms. The maximum atomic E-state index is 11.7. The predicted molar refractivity (Wildman–Crippen MR) is 70.1 cm³/mol. The van der Waals surface area contributed by atoms with Crippen LogP contribution < -0.4 is 4.74 Å². The summed E-state index contributed by atoms with van der Waals surface area (Å²) in [6.07, 6.45) is 1.82. The Bertz CT molecular complexity index is 448. The van der Waals surface area contributed by atoms with Crippen molar-refractivity contribution in [3.63, 3.8) is 0 Å². The van der Waals surface area contributed by atoms with E-state index in [4.69, 9.17) is 4.74 Å². The van der Waals surface area contributed by atoms with Gasteiger partial charge in [-0.05, 0) is 25.5 Å². The van der Waals surface area contributed by atoms with Crippen molar-refractivity contribution < 1.29 is 9.53 Å². The second kappa shape index (κ2) is 5.53. The van der Waals surface area contributed by atoms with Crippen LogP contribution in [0.4, 0.5) is 0 Å². The SMILES string of the molecule is COc1cc(C)ccc1/C(=C/N(C)C)C(C)=O. The van der Waals surface area contributed by atoms with Gasteiger partial charge < -0.3 is 9.64 Å². The van der Waals surface area contributed by atoms with E-state index < -0.39 is 0 Å². The molecule has 0 fully saturated rings. The Morgan fingerprint density at radius 2 is 2.00 bits per heavy atom. The van der Waals surface area contributed by atoms with Gasteiger partial charge in [0.2, 0.25) is 0 Å². The van der Waals surface area contributed by atoms with E-state index in [-0.39, 0.29) is 5.78 Å². The molecule has 0 aliphatic rings. The van der Waals surface area contributed by atoms with Crippen LogP contribution >= 0.6 is 0 Å². The Labute approximate surface area is 103 Å². The third-order valence-electron chi connectivity index (χ3n) is 2.41. The zero-order chi connectivity index (χ0) is 13.0. The quantitative estimate of drug-likeness (QED) is 0.748. The zero-order valence-corrected chi connectivity index (χ0v) is 11.1. The Morgan fingerprint density at radius 1 is 1.35 bits per heavy atom. The lowest BCUT2D eigenvalue weighted by Gasteiger charge is -2.13. The maximum Gasteiger partial charge on any atom is 0.162 e. The number of rotatable bonds is 4. The number of benzene rings is 1. The van der Waals surface area contributed by atoms with Crippen LogP contribution in [-0.2, 0) is 4.79 Å². The highest BCUT2D eigenvalue weighted by molar-refractivity contribution is 6.20. The van der Waals surface area contributed by atoms with E-state index in [0.717, 1.165) is 16.9 Å². The van der Waals surface area contributed by atoms with Crippen molar-refractivity contribution in [3.8, 4) is 5.75 Å². The van der Waals surface area contributed by atoms with Crippen LogP contribution in [0.15, 0.2) is 24.4 Å². The summed E-state index contributed by atoms with van der Waals surface area (Å²) in [5.74, 6) is 0.758. The van der Waals surface area contributed by atoms with Crippen molar-refractivity contribution in [3.05, 3.63) is 35.5 Å². The Morgan fingerprint density at radius 3 is 2.47 bits per heavy atom. The number of ketones is 1. The molecular formula is C14H19NO2. The van der Waals surface area contributed by atoms with Crippen LogP contribution in [-0.4, -0.2) is 31.9 Å². The number of aryl methyl sites for hydroxylation is 1. The van der Waals surface area contributed by atoms with Gasteiger partial charge in [-0.15, -0.1) is 0 Å². The van der Waals surface area contributed by atoms with Gasteiger partial charge in [-0.1, -0.05) is 12.1 Å². The Hall–Kier alpha value is -1.77. The smallest absolute Gasteiger partial charge is 0.162 e. The normalized spacial score (nSPS) is 11.2. The number of carbonyl (C=O) groups excluding carboxylic acids is 1. The lowest BCUT2D eigenvalue weighted by atomic mass is 10.0. The van der Waals surface area contributed by atoms with Gasteiger partial charge in [-0.25, -0.2) is 0 Å². The molecule has 3 nitrogen and oxygen atoms in total. The first-order chi connectivity index (χ1) is 7.95. The average Bonchev–Trinajstić information content (AvgIpc) is 2.25. The van der Waals surface area contributed by atoms with E-state index in [9.17, 15) is 4.79 Å².